The lowest BCUT2D eigenvalue weighted by Crippen LogP contribution is -2.29. The van der Waals surface area contributed by atoms with Gasteiger partial charge in [0.15, 0.2) is 9.84 Å². The smallest absolute Gasteiger partial charge is 0.259 e. The van der Waals surface area contributed by atoms with Gasteiger partial charge in [-0.2, -0.15) is 0 Å². The van der Waals surface area contributed by atoms with Gasteiger partial charge in [-0.1, -0.05) is 12.1 Å². The van der Waals surface area contributed by atoms with Gasteiger partial charge in [0, 0.05) is 31.6 Å². The molecule has 0 spiro atoms. The molecule has 1 aliphatic rings. The lowest BCUT2D eigenvalue weighted by Gasteiger charge is -2.21. The molecule has 0 atom stereocenters. The van der Waals surface area contributed by atoms with Crippen LogP contribution in [0, 0.1) is 0 Å². The van der Waals surface area contributed by atoms with Gasteiger partial charge in [0.1, 0.15) is 11.5 Å². The Morgan fingerprint density at radius 1 is 1.00 bits per heavy atom. The summed E-state index contributed by atoms with van der Waals surface area (Å²) >= 11 is 0. The van der Waals surface area contributed by atoms with Crippen LogP contribution in [0.3, 0.4) is 0 Å². The van der Waals surface area contributed by atoms with Crippen LogP contribution in [-0.2, 0) is 22.7 Å². The zero-order chi connectivity index (χ0) is 18.3. The van der Waals surface area contributed by atoms with Crippen LogP contribution in [-0.4, -0.2) is 37.1 Å². The number of aromatic nitrogens is 2. The molecule has 6 nitrogen and oxygen atoms in total. The van der Waals surface area contributed by atoms with E-state index in [1.807, 2.05) is 18.2 Å². The van der Waals surface area contributed by atoms with Gasteiger partial charge in [-0.25, -0.2) is 13.4 Å². The number of anilines is 1. The quantitative estimate of drug-likeness (QED) is 0.688. The second kappa shape index (κ2) is 6.25. The van der Waals surface area contributed by atoms with Gasteiger partial charge in [0.25, 0.3) is 5.56 Å². The third-order valence-corrected chi connectivity index (χ3v) is 5.90. The minimum Gasteiger partial charge on any atom is -0.356 e. The zero-order valence-corrected chi connectivity index (χ0v) is 15.2. The van der Waals surface area contributed by atoms with Gasteiger partial charge in [-0.05, 0) is 48.2 Å². The molecule has 0 radical (unpaired) electrons. The summed E-state index contributed by atoms with van der Waals surface area (Å²) in [5.74, 6) is 0.664. The van der Waals surface area contributed by atoms with E-state index in [4.69, 9.17) is 0 Å². The molecule has 134 valence electrons. The number of fused-ring (bicyclic) bond motifs is 2. The van der Waals surface area contributed by atoms with Crippen LogP contribution in [0.1, 0.15) is 11.1 Å². The fourth-order valence-electron chi connectivity index (χ4n) is 3.36. The number of hydrogen-bond donors (Lipinski definition) is 0. The maximum atomic E-state index is 12.3. The minimum absolute atomic E-state index is 0.105. The number of pyridine rings is 1. The largest absolute Gasteiger partial charge is 0.356 e. The second-order valence-electron chi connectivity index (χ2n) is 6.57. The van der Waals surface area contributed by atoms with E-state index in [1.54, 1.807) is 30.5 Å². The molecule has 1 aliphatic heterocycles. The van der Waals surface area contributed by atoms with Crippen LogP contribution in [0.15, 0.2) is 58.4 Å². The van der Waals surface area contributed by atoms with Crippen LogP contribution >= 0.6 is 0 Å². The molecule has 0 amide bonds. The van der Waals surface area contributed by atoms with Gasteiger partial charge >= 0.3 is 0 Å². The molecule has 0 N–H and O–H groups in total. The summed E-state index contributed by atoms with van der Waals surface area (Å²) in [6.45, 7) is 1.43. The first-order chi connectivity index (χ1) is 12.4. The van der Waals surface area contributed by atoms with E-state index in [-0.39, 0.29) is 5.56 Å². The fourth-order valence-corrected chi connectivity index (χ4v) is 4.04. The van der Waals surface area contributed by atoms with Crippen molar-refractivity contribution in [2.45, 2.75) is 17.7 Å². The topological polar surface area (TPSA) is 71.8 Å². The van der Waals surface area contributed by atoms with Crippen LogP contribution in [0.25, 0.3) is 5.65 Å². The number of benzene rings is 1. The van der Waals surface area contributed by atoms with Gasteiger partial charge in [0.2, 0.25) is 0 Å². The highest BCUT2D eigenvalue weighted by Crippen LogP contribution is 2.22. The Kier molecular flexibility index (Phi) is 4.03. The van der Waals surface area contributed by atoms with E-state index >= 15 is 0 Å². The molecule has 0 aliphatic carbocycles. The van der Waals surface area contributed by atoms with Crippen molar-refractivity contribution in [3.8, 4) is 0 Å². The van der Waals surface area contributed by atoms with Crippen molar-refractivity contribution < 1.29 is 8.42 Å². The SMILES string of the molecule is CS(=O)(=O)c1ccc2c(c1)CCN(c1cc(=O)n3ccccc3n1)CC2. The summed E-state index contributed by atoms with van der Waals surface area (Å²) in [4.78, 5) is 19.4. The summed E-state index contributed by atoms with van der Waals surface area (Å²) in [7, 11) is -3.21. The Bertz CT molecular complexity index is 1150. The molecule has 0 fully saturated rings. The lowest BCUT2D eigenvalue weighted by molar-refractivity contribution is 0.601. The molecular formula is C19H19N3O3S. The summed E-state index contributed by atoms with van der Waals surface area (Å²) in [5.41, 5.74) is 2.72. The first-order valence-electron chi connectivity index (χ1n) is 8.47. The highest BCUT2D eigenvalue weighted by molar-refractivity contribution is 7.90. The standard InChI is InChI=1S/C19H19N3O3S/c1-26(24,25)16-6-5-14-7-10-21(11-8-15(14)12-16)18-13-19(23)22-9-3-2-4-17(22)20-18/h2-6,9,12-13H,7-8,10-11H2,1H3. The van der Waals surface area contributed by atoms with Crippen molar-refractivity contribution in [3.63, 3.8) is 0 Å². The molecule has 0 bridgehead atoms. The molecule has 0 unspecified atom stereocenters. The van der Waals surface area contributed by atoms with Crippen molar-refractivity contribution in [2.24, 2.45) is 0 Å². The molecule has 3 heterocycles. The van der Waals surface area contributed by atoms with Crippen molar-refractivity contribution >= 4 is 21.3 Å². The third-order valence-electron chi connectivity index (χ3n) is 4.79. The number of rotatable bonds is 2. The number of hydrogen-bond acceptors (Lipinski definition) is 5. The van der Waals surface area contributed by atoms with Gasteiger partial charge in [-0.3, -0.25) is 9.20 Å². The monoisotopic (exact) mass is 369 g/mol. The summed E-state index contributed by atoms with van der Waals surface area (Å²) in [5, 5.41) is 0. The van der Waals surface area contributed by atoms with Crippen LogP contribution < -0.4 is 10.5 Å². The molecule has 0 saturated carbocycles. The zero-order valence-electron chi connectivity index (χ0n) is 14.4. The molecule has 0 saturated heterocycles. The first kappa shape index (κ1) is 16.8. The lowest BCUT2D eigenvalue weighted by atomic mass is 10.0. The molecule has 3 aromatic rings. The average Bonchev–Trinajstić information content (AvgIpc) is 2.83. The van der Waals surface area contributed by atoms with E-state index in [0.717, 1.165) is 24.1 Å². The van der Waals surface area contributed by atoms with Crippen molar-refractivity contribution in [2.75, 3.05) is 24.2 Å². The maximum absolute atomic E-state index is 12.3. The first-order valence-corrected chi connectivity index (χ1v) is 10.4. The highest BCUT2D eigenvalue weighted by Gasteiger charge is 2.18. The van der Waals surface area contributed by atoms with Crippen LogP contribution in [0.4, 0.5) is 5.82 Å². The molecule has 7 heteroatoms. The Morgan fingerprint density at radius 2 is 1.77 bits per heavy atom. The average molecular weight is 369 g/mol. The van der Waals surface area contributed by atoms with Crippen molar-refractivity contribution in [1.82, 2.24) is 9.38 Å². The fraction of sp³-hybridized carbons (Fsp3) is 0.263. The van der Waals surface area contributed by atoms with Gasteiger partial charge in [0.05, 0.1) is 4.90 Å². The summed E-state index contributed by atoms with van der Waals surface area (Å²) < 4.78 is 25.1. The normalized spacial score (nSPS) is 14.9. The summed E-state index contributed by atoms with van der Waals surface area (Å²) in [6.07, 6.45) is 4.44. The Morgan fingerprint density at radius 3 is 2.54 bits per heavy atom. The maximum Gasteiger partial charge on any atom is 0.259 e. The minimum atomic E-state index is -3.21. The molecule has 2 aromatic heterocycles. The second-order valence-corrected chi connectivity index (χ2v) is 8.59. The Balaban J connectivity index is 1.66. The van der Waals surface area contributed by atoms with Crippen LogP contribution in [0.2, 0.25) is 0 Å². The van der Waals surface area contributed by atoms with Gasteiger partial charge in [-0.15, -0.1) is 0 Å². The van der Waals surface area contributed by atoms with E-state index in [0.29, 0.717) is 29.3 Å². The van der Waals surface area contributed by atoms with E-state index in [9.17, 15) is 13.2 Å². The van der Waals surface area contributed by atoms with Gasteiger partial charge < -0.3 is 4.90 Å². The number of nitrogens with zero attached hydrogens (tertiary/aromatic N) is 3. The molecule has 1 aromatic carbocycles. The number of sulfone groups is 1. The Labute approximate surface area is 151 Å². The highest BCUT2D eigenvalue weighted by atomic mass is 32.2. The van der Waals surface area contributed by atoms with Crippen molar-refractivity contribution in [1.29, 1.82) is 0 Å². The molecule has 4 rings (SSSR count). The predicted octanol–water partition coefficient (Wildman–Crippen LogP) is 1.70. The van der Waals surface area contributed by atoms with Crippen LogP contribution in [0.5, 0.6) is 0 Å². The van der Waals surface area contributed by atoms with E-state index in [1.165, 1.54) is 10.7 Å². The molecular weight excluding hydrogens is 350 g/mol. The van der Waals surface area contributed by atoms with E-state index < -0.39 is 9.84 Å². The molecule has 26 heavy (non-hydrogen) atoms. The van der Waals surface area contributed by atoms with Crippen molar-refractivity contribution in [3.05, 3.63) is 70.1 Å². The third kappa shape index (κ3) is 3.10. The van der Waals surface area contributed by atoms with E-state index in [2.05, 4.69) is 9.88 Å². The Hall–Kier alpha value is -2.67. The summed E-state index contributed by atoms with van der Waals surface area (Å²) in [6, 6.07) is 12.4. The predicted molar refractivity (Wildman–Crippen MR) is 101 cm³/mol.